The van der Waals surface area contributed by atoms with Crippen molar-refractivity contribution in [3.63, 3.8) is 0 Å². The maximum Gasteiger partial charge on any atom is 0.358 e. The Hall–Kier alpha value is -2.77. The van der Waals surface area contributed by atoms with Crippen LogP contribution in [0, 0.1) is 24.0 Å². The first-order valence-corrected chi connectivity index (χ1v) is 5.33. The van der Waals surface area contributed by atoms with Gasteiger partial charge in [-0.1, -0.05) is 5.21 Å². The molecule has 1 heterocycles. The monoisotopic (exact) mass is 262 g/mol. The summed E-state index contributed by atoms with van der Waals surface area (Å²) in [6, 6.07) is 4.25. The van der Waals surface area contributed by atoms with Gasteiger partial charge in [0.15, 0.2) is 5.69 Å². The zero-order chi connectivity index (χ0) is 14.2. The summed E-state index contributed by atoms with van der Waals surface area (Å²) < 4.78 is 1.35. The first kappa shape index (κ1) is 12.7. The molecule has 0 bridgehead atoms. The topological polar surface area (TPSA) is 111 Å². The Balaban J connectivity index is 2.54. The average molecular weight is 262 g/mol. The van der Waals surface area contributed by atoms with Crippen LogP contribution in [0.2, 0.25) is 0 Å². The van der Waals surface area contributed by atoms with Crippen LogP contribution < -0.4 is 0 Å². The van der Waals surface area contributed by atoms with Gasteiger partial charge in [-0.3, -0.25) is 10.1 Å². The van der Waals surface area contributed by atoms with Crippen molar-refractivity contribution in [2.75, 3.05) is 0 Å². The van der Waals surface area contributed by atoms with Crippen LogP contribution >= 0.6 is 0 Å². The smallest absolute Gasteiger partial charge is 0.358 e. The van der Waals surface area contributed by atoms with E-state index >= 15 is 0 Å². The number of hydrogen-bond acceptors (Lipinski definition) is 5. The van der Waals surface area contributed by atoms with Crippen molar-refractivity contribution in [3.8, 4) is 5.69 Å². The molecule has 98 valence electrons. The molecule has 0 unspecified atom stereocenters. The van der Waals surface area contributed by atoms with Crippen molar-refractivity contribution < 1.29 is 14.8 Å². The number of non-ortho nitro benzene ring substituents is 1. The van der Waals surface area contributed by atoms with Gasteiger partial charge in [0, 0.05) is 12.1 Å². The molecule has 2 rings (SSSR count). The maximum absolute atomic E-state index is 10.9. The molecule has 0 atom stereocenters. The number of carbonyl (C=O) groups is 1. The third kappa shape index (κ3) is 2.15. The molecule has 1 aromatic carbocycles. The quantitative estimate of drug-likeness (QED) is 0.662. The third-order valence-electron chi connectivity index (χ3n) is 2.72. The van der Waals surface area contributed by atoms with E-state index in [2.05, 4.69) is 10.3 Å². The van der Waals surface area contributed by atoms with Gasteiger partial charge >= 0.3 is 5.97 Å². The lowest BCUT2D eigenvalue weighted by Crippen LogP contribution is -2.04. The molecule has 8 heteroatoms. The van der Waals surface area contributed by atoms with Gasteiger partial charge in [0.25, 0.3) is 5.69 Å². The molecule has 1 N–H and O–H groups in total. The third-order valence-corrected chi connectivity index (χ3v) is 2.72. The van der Waals surface area contributed by atoms with E-state index < -0.39 is 10.9 Å². The van der Waals surface area contributed by atoms with Gasteiger partial charge in [0.2, 0.25) is 0 Å². The molecule has 1 aromatic heterocycles. The normalized spacial score (nSPS) is 10.4. The summed E-state index contributed by atoms with van der Waals surface area (Å²) in [6.07, 6.45) is 0. The first-order chi connectivity index (χ1) is 8.91. The molecule has 0 saturated carbocycles. The molecule has 0 radical (unpaired) electrons. The van der Waals surface area contributed by atoms with Gasteiger partial charge in [-0.25, -0.2) is 9.48 Å². The highest BCUT2D eigenvalue weighted by molar-refractivity contribution is 5.86. The van der Waals surface area contributed by atoms with Gasteiger partial charge < -0.3 is 5.11 Å². The summed E-state index contributed by atoms with van der Waals surface area (Å²) in [5.74, 6) is -1.16. The van der Waals surface area contributed by atoms with Crippen LogP contribution in [0.15, 0.2) is 18.2 Å². The molecular weight excluding hydrogens is 252 g/mol. The van der Waals surface area contributed by atoms with Crippen LogP contribution in [0.25, 0.3) is 5.69 Å². The summed E-state index contributed by atoms with van der Waals surface area (Å²) in [6.45, 7) is 3.26. The van der Waals surface area contributed by atoms with Crippen LogP contribution in [0.4, 0.5) is 5.69 Å². The standard InChI is InChI=1S/C11H10N4O4/c1-6-5-8(15(18)19)3-4-9(6)14-7(2)10(11(16)17)12-13-14/h3-5H,1-2H3,(H,16,17). The Morgan fingerprint density at radius 3 is 2.58 bits per heavy atom. The zero-order valence-electron chi connectivity index (χ0n) is 10.2. The predicted molar refractivity (Wildman–Crippen MR) is 64.4 cm³/mol. The Kier molecular flexibility index (Phi) is 2.99. The van der Waals surface area contributed by atoms with E-state index in [0.717, 1.165) is 0 Å². The van der Waals surface area contributed by atoms with Gasteiger partial charge in [-0.05, 0) is 25.5 Å². The van der Waals surface area contributed by atoms with Crippen molar-refractivity contribution in [1.29, 1.82) is 0 Å². The minimum Gasteiger partial charge on any atom is -0.476 e. The lowest BCUT2D eigenvalue weighted by molar-refractivity contribution is -0.384. The number of nitrogens with zero attached hydrogens (tertiary/aromatic N) is 4. The second-order valence-corrected chi connectivity index (χ2v) is 3.97. The van der Waals surface area contributed by atoms with Crippen molar-refractivity contribution in [2.24, 2.45) is 0 Å². The molecule has 0 spiro atoms. The lowest BCUT2D eigenvalue weighted by atomic mass is 10.1. The second kappa shape index (κ2) is 4.48. The van der Waals surface area contributed by atoms with Crippen molar-refractivity contribution >= 4 is 11.7 Å². The average Bonchev–Trinajstić information content (AvgIpc) is 2.71. The van der Waals surface area contributed by atoms with E-state index in [-0.39, 0.29) is 11.4 Å². The summed E-state index contributed by atoms with van der Waals surface area (Å²) in [4.78, 5) is 21.1. The number of hydrogen-bond donors (Lipinski definition) is 1. The maximum atomic E-state index is 10.9. The van der Waals surface area contributed by atoms with Gasteiger partial charge in [0.05, 0.1) is 16.3 Å². The number of carboxylic acids is 1. The Bertz CT molecular complexity index is 677. The number of nitro benzene ring substituents is 1. The van der Waals surface area contributed by atoms with E-state index in [1.807, 2.05) is 0 Å². The number of aromatic nitrogens is 3. The number of rotatable bonds is 3. The first-order valence-electron chi connectivity index (χ1n) is 5.33. The van der Waals surface area contributed by atoms with E-state index in [1.54, 1.807) is 13.8 Å². The van der Waals surface area contributed by atoms with Crippen molar-refractivity contribution in [2.45, 2.75) is 13.8 Å². The fourth-order valence-corrected chi connectivity index (χ4v) is 1.75. The van der Waals surface area contributed by atoms with Gasteiger partial charge in [-0.15, -0.1) is 5.10 Å². The number of benzene rings is 1. The Labute approximate surface area is 107 Å². The molecule has 0 saturated heterocycles. The van der Waals surface area contributed by atoms with Gasteiger partial charge in [-0.2, -0.15) is 0 Å². The minimum absolute atomic E-state index is 0.0301. The Morgan fingerprint density at radius 2 is 2.11 bits per heavy atom. The summed E-state index contributed by atoms with van der Waals surface area (Å²) in [5, 5.41) is 26.9. The lowest BCUT2D eigenvalue weighted by Gasteiger charge is -2.06. The molecule has 0 fully saturated rings. The number of carboxylic acid groups (broad SMARTS) is 1. The molecule has 0 aliphatic heterocycles. The summed E-state index contributed by atoms with van der Waals surface area (Å²) in [5.41, 5.74) is 1.36. The summed E-state index contributed by atoms with van der Waals surface area (Å²) >= 11 is 0. The second-order valence-electron chi connectivity index (χ2n) is 3.97. The molecule has 0 aliphatic carbocycles. The molecule has 8 nitrogen and oxygen atoms in total. The van der Waals surface area contributed by atoms with E-state index in [4.69, 9.17) is 5.11 Å². The summed E-state index contributed by atoms with van der Waals surface area (Å²) in [7, 11) is 0. The highest BCUT2D eigenvalue weighted by Gasteiger charge is 2.18. The molecular formula is C11H10N4O4. The Morgan fingerprint density at radius 1 is 1.42 bits per heavy atom. The van der Waals surface area contributed by atoms with Crippen LogP contribution in [0.5, 0.6) is 0 Å². The molecule has 19 heavy (non-hydrogen) atoms. The van der Waals surface area contributed by atoms with Crippen LogP contribution in [-0.4, -0.2) is 31.0 Å². The molecule has 2 aromatic rings. The van der Waals surface area contributed by atoms with E-state index in [9.17, 15) is 14.9 Å². The molecule has 0 amide bonds. The minimum atomic E-state index is -1.16. The SMILES string of the molecule is Cc1cc([N+](=O)[O-])ccc1-n1nnc(C(=O)O)c1C. The highest BCUT2D eigenvalue weighted by atomic mass is 16.6. The van der Waals surface area contributed by atoms with E-state index in [1.165, 1.54) is 22.9 Å². The van der Waals surface area contributed by atoms with Crippen LogP contribution in [0.1, 0.15) is 21.7 Å². The van der Waals surface area contributed by atoms with Crippen molar-refractivity contribution in [1.82, 2.24) is 15.0 Å². The number of aromatic carboxylic acids is 1. The van der Waals surface area contributed by atoms with E-state index in [0.29, 0.717) is 16.9 Å². The van der Waals surface area contributed by atoms with Crippen molar-refractivity contribution in [3.05, 3.63) is 45.3 Å². The highest BCUT2D eigenvalue weighted by Crippen LogP contribution is 2.21. The zero-order valence-corrected chi connectivity index (χ0v) is 10.2. The predicted octanol–water partition coefficient (Wildman–Crippen LogP) is 1.49. The van der Waals surface area contributed by atoms with Crippen LogP contribution in [-0.2, 0) is 0 Å². The largest absolute Gasteiger partial charge is 0.476 e. The fraction of sp³-hybridized carbons (Fsp3) is 0.182. The fourth-order valence-electron chi connectivity index (χ4n) is 1.75. The number of aryl methyl sites for hydroxylation is 1. The van der Waals surface area contributed by atoms with Crippen LogP contribution in [0.3, 0.4) is 0 Å². The van der Waals surface area contributed by atoms with Gasteiger partial charge in [0.1, 0.15) is 0 Å². The molecule has 0 aliphatic rings. The number of nitro groups is 1.